The van der Waals surface area contributed by atoms with E-state index in [-0.39, 0.29) is 62.0 Å². The van der Waals surface area contributed by atoms with Gasteiger partial charge in [0.05, 0.1) is 51.6 Å². The number of aromatic hydroxyl groups is 1. The maximum absolute atomic E-state index is 13.5. The third kappa shape index (κ3) is 8.88. The van der Waals surface area contributed by atoms with Crippen LogP contribution in [0.1, 0.15) is 103 Å². The van der Waals surface area contributed by atoms with E-state index in [0.717, 1.165) is 89.9 Å². The normalized spacial score (nSPS) is 29.2. The topological polar surface area (TPSA) is 246 Å². The number of likely N-dealkylation sites (N-methyl/N-ethyl adjacent to an activating group) is 1. The van der Waals surface area contributed by atoms with E-state index in [1.165, 1.54) is 24.0 Å². The smallest absolute Gasteiger partial charge is 0.250 e. The van der Waals surface area contributed by atoms with Crippen LogP contribution < -0.4 is 35.5 Å². The van der Waals surface area contributed by atoms with Crippen molar-refractivity contribution in [3.63, 3.8) is 0 Å². The second-order valence-electron chi connectivity index (χ2n) is 25.1. The largest absolute Gasteiger partial charge is 0.504 e. The number of aromatic nitrogens is 1. The first-order chi connectivity index (χ1) is 40.3. The standard InChI is InChI=1S/C64H75N7O12/c1-70-26-22-61-53-39-15-17-45(72)57(53)82-59(61)44(19-21-63(61,77)47(70)29-39)68-52(76)36-80-34-50(74)66-25-7-3-6-24-65-49(73)33-79-35-51(75)67-43-12-8-11-41-42-31-64(78)48-30-40-16-18-46(81-28-20-37-9-4-2-5-10-37)58-54(40)62(64,23-27-71(48)32-38-13-14-38)60(83-58)56(42)69-55(41)43/h2,4-5,8-12,15-18,38,44,47-48,59-60,69,72,77-78H,3,6-7,13-14,19-36H2,1H3,(H,65,73)(H,66,74)(H,67,75)(H,68,76)/t44-,47+,48+,59-,60-,61-,62-,63+,64+/m0/s1. The Balaban J connectivity index is 0.524. The second-order valence-corrected chi connectivity index (χ2v) is 25.1. The number of H-pyrrole nitrogens is 1. The number of ether oxygens (including phenoxy) is 5. The van der Waals surface area contributed by atoms with Crippen LogP contribution in [0.25, 0.3) is 10.9 Å². The number of hydrogen-bond acceptors (Lipinski definition) is 14. The van der Waals surface area contributed by atoms with Crippen LogP contribution in [-0.2, 0) is 65.2 Å². The van der Waals surface area contributed by atoms with E-state index in [1.54, 1.807) is 6.07 Å². The van der Waals surface area contributed by atoms with Crippen molar-refractivity contribution < 1.29 is 58.2 Å². The van der Waals surface area contributed by atoms with Gasteiger partial charge in [0.1, 0.15) is 32.5 Å². The predicted molar refractivity (Wildman–Crippen MR) is 306 cm³/mol. The molecule has 4 fully saturated rings. The minimum absolute atomic E-state index is 0.0369. The lowest BCUT2D eigenvalue weighted by Crippen LogP contribution is -2.77. The van der Waals surface area contributed by atoms with E-state index < -0.39 is 46.2 Å². The van der Waals surface area contributed by atoms with Crippen molar-refractivity contribution in [3.05, 3.63) is 112 Å². The number of aliphatic hydroxyl groups is 2. The van der Waals surface area contributed by atoms with E-state index in [2.05, 4.69) is 54.3 Å². The third-order valence-electron chi connectivity index (χ3n) is 20.5. The monoisotopic (exact) mass is 1130 g/mol. The van der Waals surface area contributed by atoms with Crippen LogP contribution >= 0.6 is 0 Å². The number of nitrogens with one attached hydrogen (secondary N) is 5. The molecule has 2 saturated heterocycles. The van der Waals surface area contributed by atoms with Crippen molar-refractivity contribution in [2.45, 2.75) is 136 Å². The van der Waals surface area contributed by atoms with E-state index >= 15 is 0 Å². The number of aromatic amines is 1. The third-order valence-corrected chi connectivity index (χ3v) is 20.5. The molecule has 9 aliphatic rings. The molecule has 5 heterocycles. The Labute approximate surface area is 482 Å². The minimum Gasteiger partial charge on any atom is -0.504 e. The molecule has 4 aliphatic heterocycles. The maximum atomic E-state index is 13.5. The zero-order valence-corrected chi connectivity index (χ0v) is 47.1. The maximum Gasteiger partial charge on any atom is 0.250 e. The first-order valence-electron chi connectivity index (χ1n) is 30.1. The summed E-state index contributed by atoms with van der Waals surface area (Å²) in [4.78, 5) is 60.4. The highest BCUT2D eigenvalue weighted by atomic mass is 16.5. The Kier molecular flexibility index (Phi) is 13.8. The number of rotatable bonds is 22. The van der Waals surface area contributed by atoms with Gasteiger partial charge in [-0.3, -0.25) is 24.1 Å². The molecule has 5 aliphatic carbocycles. The molecule has 438 valence electrons. The average Bonchev–Trinajstić information content (AvgIpc) is 1.65. The Morgan fingerprint density at radius 2 is 1.43 bits per heavy atom. The summed E-state index contributed by atoms with van der Waals surface area (Å²) >= 11 is 0. The van der Waals surface area contributed by atoms with E-state index in [9.17, 15) is 34.5 Å². The summed E-state index contributed by atoms with van der Waals surface area (Å²) in [6.45, 7) is 2.67. The summed E-state index contributed by atoms with van der Waals surface area (Å²) in [5.41, 5.74) is 5.04. The molecule has 5 aromatic rings. The minimum atomic E-state index is -1.11. The van der Waals surface area contributed by atoms with Gasteiger partial charge in [-0.1, -0.05) is 54.6 Å². The van der Waals surface area contributed by atoms with Crippen molar-refractivity contribution >= 4 is 40.2 Å². The van der Waals surface area contributed by atoms with Gasteiger partial charge < -0.3 is 70.2 Å². The first kappa shape index (κ1) is 54.2. The fourth-order valence-corrected chi connectivity index (χ4v) is 16.6. The van der Waals surface area contributed by atoms with Crippen LogP contribution in [0.15, 0.2) is 72.8 Å². The molecule has 14 rings (SSSR count). The van der Waals surface area contributed by atoms with Crippen LogP contribution in [-0.4, -0.2) is 162 Å². The highest BCUT2D eigenvalue weighted by Gasteiger charge is 2.74. The number of carbonyl (C=O) groups excluding carboxylic acids is 4. The highest BCUT2D eigenvalue weighted by Crippen LogP contribution is 2.70. The number of para-hydroxylation sites is 1. The van der Waals surface area contributed by atoms with Gasteiger partial charge >= 0.3 is 0 Å². The van der Waals surface area contributed by atoms with Crippen LogP contribution in [0.4, 0.5) is 5.69 Å². The fourth-order valence-electron chi connectivity index (χ4n) is 16.6. The van der Waals surface area contributed by atoms with Crippen LogP contribution in [0, 0.1) is 5.92 Å². The quantitative estimate of drug-likeness (QED) is 0.0444. The molecule has 4 bridgehead atoms. The lowest BCUT2D eigenvalue weighted by Gasteiger charge is -2.63. The number of phenolic OH excluding ortho intramolecular Hbond substituents is 1. The number of hydrogen-bond donors (Lipinski definition) is 8. The lowest BCUT2D eigenvalue weighted by atomic mass is 9.48. The fraction of sp³-hybridized carbons (Fsp3) is 0.531. The molecule has 83 heavy (non-hydrogen) atoms. The predicted octanol–water partition coefficient (Wildman–Crippen LogP) is 4.54. The molecule has 9 atom stereocenters. The molecular formula is C64H75N7O12. The van der Waals surface area contributed by atoms with Crippen molar-refractivity contribution in [2.24, 2.45) is 5.92 Å². The van der Waals surface area contributed by atoms with Gasteiger partial charge in [0.2, 0.25) is 23.6 Å². The summed E-state index contributed by atoms with van der Waals surface area (Å²) in [5, 5.41) is 49.4. The second kappa shape index (κ2) is 21.1. The molecule has 19 heteroatoms. The Morgan fingerprint density at radius 1 is 0.723 bits per heavy atom. The van der Waals surface area contributed by atoms with E-state index in [1.807, 2.05) is 55.6 Å². The Hall–Kier alpha value is -6.74. The van der Waals surface area contributed by atoms with Crippen LogP contribution in [0.5, 0.6) is 23.0 Å². The van der Waals surface area contributed by atoms with Crippen molar-refractivity contribution in [1.29, 1.82) is 0 Å². The van der Waals surface area contributed by atoms with Crippen LogP contribution in [0.2, 0.25) is 0 Å². The van der Waals surface area contributed by atoms with Gasteiger partial charge in [-0.2, -0.15) is 0 Å². The van der Waals surface area contributed by atoms with Gasteiger partial charge in [0.15, 0.2) is 29.1 Å². The van der Waals surface area contributed by atoms with Gasteiger partial charge in [0.25, 0.3) is 0 Å². The summed E-state index contributed by atoms with van der Waals surface area (Å²) in [7, 11) is 2.04. The molecular weight excluding hydrogens is 1060 g/mol. The molecule has 0 unspecified atom stereocenters. The number of unbranched alkanes of at least 4 members (excludes halogenated alkanes) is 2. The lowest BCUT2D eigenvalue weighted by molar-refractivity contribution is -0.187. The number of likely N-dealkylation sites (tertiary alicyclic amines) is 2. The summed E-state index contributed by atoms with van der Waals surface area (Å²) in [6.07, 6.45) is 8.41. The number of nitrogens with zero attached hydrogens (tertiary/aromatic N) is 2. The molecule has 2 saturated carbocycles. The van der Waals surface area contributed by atoms with Gasteiger partial charge in [0, 0.05) is 61.1 Å². The molecule has 2 spiro atoms. The first-order valence-corrected chi connectivity index (χ1v) is 30.1. The van der Waals surface area contributed by atoms with E-state index in [4.69, 9.17) is 23.7 Å². The average molecular weight is 1130 g/mol. The molecule has 19 nitrogen and oxygen atoms in total. The highest BCUT2D eigenvalue weighted by molar-refractivity contribution is 6.03. The summed E-state index contributed by atoms with van der Waals surface area (Å²) in [6, 6.07) is 23.3. The number of carbonyl (C=O) groups is 4. The van der Waals surface area contributed by atoms with Gasteiger partial charge in [-0.15, -0.1) is 0 Å². The van der Waals surface area contributed by atoms with Crippen molar-refractivity contribution in [2.75, 3.05) is 78.1 Å². The van der Waals surface area contributed by atoms with Crippen molar-refractivity contribution in [3.8, 4) is 23.0 Å². The van der Waals surface area contributed by atoms with Gasteiger partial charge in [-0.25, -0.2) is 0 Å². The van der Waals surface area contributed by atoms with Gasteiger partial charge in [-0.05, 0) is 137 Å². The molecule has 4 amide bonds. The van der Waals surface area contributed by atoms with E-state index in [0.29, 0.717) is 87.7 Å². The number of piperidine rings is 2. The summed E-state index contributed by atoms with van der Waals surface area (Å²) in [5.74, 6) is 1.05. The van der Waals surface area contributed by atoms with Crippen molar-refractivity contribution in [1.82, 2.24) is 30.7 Å². The van der Waals surface area contributed by atoms with Crippen LogP contribution in [0.3, 0.4) is 0 Å². The number of anilines is 1. The summed E-state index contributed by atoms with van der Waals surface area (Å²) < 4.78 is 31.2. The zero-order valence-electron chi connectivity index (χ0n) is 47.1. The molecule has 1 aromatic heterocycles. The SMILES string of the molecule is CN1CC[C@]23c4c5ccc(O)c4O[C@H]2[C@@H](NC(=O)COCC(=O)NCCCCCNC(=O)COCC(=O)Nc2cccc4c6c([nH]c24)[C@@H]2Oc4c(OCCc7ccccc7)ccc7c4[C@@]24CCN(CC2CC2)[C@H](C7)[C@]4(O)C6)CC[C@@]3(O)[C@H]1C5. The molecule has 0 radical (unpaired) electrons. The number of fused-ring (bicyclic) bond motifs is 4. The Bertz CT molecular complexity index is 3390. The molecule has 8 N–H and O–H groups in total. The number of benzene rings is 4. The number of phenols is 1. The number of amides is 4. The Morgan fingerprint density at radius 3 is 2.20 bits per heavy atom. The zero-order chi connectivity index (χ0) is 56.8. The molecule has 4 aromatic carbocycles.